The monoisotopic (exact) mass is 283 g/mol. The number of nitrogens with one attached hydrogen (secondary N) is 1. The van der Waals surface area contributed by atoms with Crippen LogP contribution in [0.15, 0.2) is 47.5 Å². The van der Waals surface area contributed by atoms with Crippen LogP contribution in [-0.4, -0.2) is 18.3 Å². The molecule has 2 aromatic rings. The van der Waals surface area contributed by atoms with Gasteiger partial charge in [0.25, 0.3) is 0 Å². The second-order valence-electron chi connectivity index (χ2n) is 5.21. The first-order valence-electron chi connectivity index (χ1n) is 7.15. The minimum absolute atomic E-state index is 0.119. The fourth-order valence-electron chi connectivity index (χ4n) is 2.54. The van der Waals surface area contributed by atoms with E-state index in [1.165, 1.54) is 6.07 Å². The molecule has 1 heterocycles. The Balaban J connectivity index is 2.21. The molecule has 108 valence electrons. The smallest absolute Gasteiger partial charge is 0.132 e. The molecule has 21 heavy (non-hydrogen) atoms. The van der Waals surface area contributed by atoms with Crippen LogP contribution < -0.4 is 11.1 Å². The predicted octanol–water partition coefficient (Wildman–Crippen LogP) is 3.45. The molecule has 0 aliphatic carbocycles. The third-order valence-corrected chi connectivity index (χ3v) is 3.74. The third kappa shape index (κ3) is 2.61. The van der Waals surface area contributed by atoms with Gasteiger partial charge in [-0.05, 0) is 36.8 Å². The van der Waals surface area contributed by atoms with E-state index in [1.54, 1.807) is 12.1 Å². The van der Waals surface area contributed by atoms with Crippen molar-refractivity contribution in [2.24, 2.45) is 4.99 Å². The maximum absolute atomic E-state index is 14.2. The lowest BCUT2D eigenvalue weighted by atomic mass is 9.99. The molecule has 3 nitrogen and oxygen atoms in total. The fourth-order valence-corrected chi connectivity index (χ4v) is 2.54. The van der Waals surface area contributed by atoms with Crippen molar-refractivity contribution in [1.29, 1.82) is 0 Å². The average Bonchev–Trinajstić information content (AvgIpc) is 2.67. The van der Waals surface area contributed by atoms with Gasteiger partial charge < -0.3 is 11.1 Å². The number of nitrogens with two attached hydrogens (primary N) is 1. The Hall–Kier alpha value is -2.36. The van der Waals surface area contributed by atoms with Crippen LogP contribution in [0.5, 0.6) is 0 Å². The molecule has 1 atom stereocenters. The van der Waals surface area contributed by atoms with Crippen molar-refractivity contribution >= 4 is 17.1 Å². The van der Waals surface area contributed by atoms with Crippen molar-refractivity contribution in [3.05, 3.63) is 59.4 Å². The molecule has 3 rings (SSSR count). The van der Waals surface area contributed by atoms with Crippen LogP contribution in [0.25, 0.3) is 0 Å². The minimum Gasteiger partial charge on any atom is -0.399 e. The molecule has 3 N–H and O–H groups in total. The molecule has 2 aromatic carbocycles. The molecule has 0 saturated heterocycles. The number of hydrogen-bond acceptors (Lipinski definition) is 3. The zero-order chi connectivity index (χ0) is 14.8. The van der Waals surface area contributed by atoms with E-state index in [2.05, 4.69) is 12.2 Å². The highest BCUT2D eigenvalue weighted by Gasteiger charge is 2.20. The van der Waals surface area contributed by atoms with Crippen LogP contribution >= 0.6 is 0 Å². The maximum Gasteiger partial charge on any atom is 0.132 e. The molecule has 1 aliphatic rings. The Morgan fingerprint density at radius 1 is 1.24 bits per heavy atom. The lowest BCUT2D eigenvalue weighted by molar-refractivity contribution is 0.624. The summed E-state index contributed by atoms with van der Waals surface area (Å²) in [6.45, 7) is 2.82. The van der Waals surface area contributed by atoms with Gasteiger partial charge >= 0.3 is 0 Å². The minimum atomic E-state index is -0.263. The molecule has 0 fully saturated rings. The molecule has 1 aliphatic heterocycles. The number of hydrogen-bond donors (Lipinski definition) is 2. The largest absolute Gasteiger partial charge is 0.399 e. The first-order valence-corrected chi connectivity index (χ1v) is 7.15. The summed E-state index contributed by atoms with van der Waals surface area (Å²) in [5.74, 6) is -0.263. The van der Waals surface area contributed by atoms with Gasteiger partial charge in [-0.3, -0.25) is 4.99 Å². The molecule has 0 spiro atoms. The van der Waals surface area contributed by atoms with Gasteiger partial charge in [0.15, 0.2) is 0 Å². The lowest BCUT2D eigenvalue weighted by Crippen LogP contribution is -2.16. The van der Waals surface area contributed by atoms with E-state index in [9.17, 15) is 4.39 Å². The van der Waals surface area contributed by atoms with Gasteiger partial charge in [0.05, 0.1) is 11.8 Å². The number of nitrogens with zero attached hydrogens (tertiary/aromatic N) is 1. The summed E-state index contributed by atoms with van der Waals surface area (Å²) in [5, 5.41) is 3.38. The lowest BCUT2D eigenvalue weighted by Gasteiger charge is -2.11. The van der Waals surface area contributed by atoms with E-state index in [0.717, 1.165) is 24.2 Å². The van der Waals surface area contributed by atoms with Gasteiger partial charge in [-0.15, -0.1) is 0 Å². The van der Waals surface area contributed by atoms with Gasteiger partial charge in [0.2, 0.25) is 0 Å². The van der Waals surface area contributed by atoms with Gasteiger partial charge in [-0.2, -0.15) is 0 Å². The van der Waals surface area contributed by atoms with E-state index in [-0.39, 0.29) is 11.9 Å². The van der Waals surface area contributed by atoms with Crippen LogP contribution in [-0.2, 0) is 0 Å². The summed E-state index contributed by atoms with van der Waals surface area (Å²) in [6, 6.07) is 12.5. The first-order chi connectivity index (χ1) is 10.2. The summed E-state index contributed by atoms with van der Waals surface area (Å²) >= 11 is 0. The van der Waals surface area contributed by atoms with Gasteiger partial charge in [-0.25, -0.2) is 4.39 Å². The van der Waals surface area contributed by atoms with Crippen molar-refractivity contribution in [1.82, 2.24) is 0 Å². The molecule has 0 amide bonds. The van der Waals surface area contributed by atoms with E-state index >= 15 is 0 Å². The Morgan fingerprint density at radius 2 is 2.05 bits per heavy atom. The van der Waals surface area contributed by atoms with Crippen molar-refractivity contribution in [2.45, 2.75) is 19.4 Å². The zero-order valence-electron chi connectivity index (χ0n) is 11.9. The number of rotatable bonds is 2. The van der Waals surface area contributed by atoms with Crippen molar-refractivity contribution in [3.63, 3.8) is 0 Å². The van der Waals surface area contributed by atoms with Crippen molar-refractivity contribution < 1.29 is 4.39 Å². The third-order valence-electron chi connectivity index (χ3n) is 3.74. The number of anilines is 2. The second kappa shape index (κ2) is 5.56. The summed E-state index contributed by atoms with van der Waals surface area (Å²) in [7, 11) is 0. The topological polar surface area (TPSA) is 50.4 Å². The van der Waals surface area contributed by atoms with Crippen LogP contribution in [0, 0.1) is 5.82 Å². The molecule has 0 bridgehead atoms. The van der Waals surface area contributed by atoms with Gasteiger partial charge in [0.1, 0.15) is 5.82 Å². The molecular formula is C17H18FN3. The fraction of sp³-hybridized carbons (Fsp3) is 0.235. The molecule has 1 unspecified atom stereocenters. The first kappa shape index (κ1) is 13.6. The summed E-state index contributed by atoms with van der Waals surface area (Å²) in [5.41, 5.74) is 9.55. The standard InChI is InChI=1S/C17H18FN3/c1-2-12-10-20-16-8-7-11(19)9-14(16)17(21-12)13-5-3-4-6-15(13)18/h3-9,12,20H,2,10,19H2,1H3. The van der Waals surface area contributed by atoms with Gasteiger partial charge in [0, 0.05) is 29.0 Å². The molecule has 0 saturated carbocycles. The molecule has 4 heteroatoms. The molecule has 0 aromatic heterocycles. The highest BCUT2D eigenvalue weighted by Crippen LogP contribution is 2.27. The normalized spacial score (nSPS) is 17.4. The van der Waals surface area contributed by atoms with Crippen LogP contribution in [0.3, 0.4) is 0 Å². The van der Waals surface area contributed by atoms with Crippen LogP contribution in [0.1, 0.15) is 24.5 Å². The Morgan fingerprint density at radius 3 is 2.81 bits per heavy atom. The number of nitrogen functional groups attached to an aromatic ring is 1. The summed E-state index contributed by atoms with van der Waals surface area (Å²) < 4.78 is 14.2. The molecule has 0 radical (unpaired) electrons. The van der Waals surface area contributed by atoms with Gasteiger partial charge in [-0.1, -0.05) is 19.1 Å². The van der Waals surface area contributed by atoms with E-state index in [1.807, 2.05) is 24.3 Å². The number of aliphatic imine (C=N–C) groups is 1. The van der Waals surface area contributed by atoms with Crippen LogP contribution in [0.4, 0.5) is 15.8 Å². The average molecular weight is 283 g/mol. The molecular weight excluding hydrogens is 265 g/mol. The van der Waals surface area contributed by atoms with Crippen molar-refractivity contribution in [3.8, 4) is 0 Å². The van der Waals surface area contributed by atoms with Crippen LogP contribution in [0.2, 0.25) is 0 Å². The van der Waals surface area contributed by atoms with E-state index in [0.29, 0.717) is 17.0 Å². The summed E-state index contributed by atoms with van der Waals surface area (Å²) in [4.78, 5) is 4.77. The van der Waals surface area contributed by atoms with E-state index in [4.69, 9.17) is 10.7 Å². The number of fused-ring (bicyclic) bond motifs is 1. The van der Waals surface area contributed by atoms with Crippen molar-refractivity contribution in [2.75, 3.05) is 17.6 Å². The highest BCUT2D eigenvalue weighted by atomic mass is 19.1. The predicted molar refractivity (Wildman–Crippen MR) is 85.5 cm³/mol. The highest BCUT2D eigenvalue weighted by molar-refractivity contribution is 6.16. The Labute approximate surface area is 123 Å². The second-order valence-corrected chi connectivity index (χ2v) is 5.21. The Bertz CT molecular complexity index is 694. The number of benzene rings is 2. The Kier molecular flexibility index (Phi) is 3.60. The maximum atomic E-state index is 14.2. The van der Waals surface area contributed by atoms with E-state index < -0.39 is 0 Å². The number of halogens is 1. The zero-order valence-corrected chi connectivity index (χ0v) is 11.9. The SMILES string of the molecule is CCC1CNc2ccc(N)cc2C(c2ccccc2F)=N1. The number of benzodiazepines with no additional fused rings is 1. The quantitative estimate of drug-likeness (QED) is 0.829. The summed E-state index contributed by atoms with van der Waals surface area (Å²) in [6.07, 6.45) is 0.897.